The Balaban J connectivity index is 1.58. The van der Waals surface area contributed by atoms with Gasteiger partial charge in [-0.1, -0.05) is 26.8 Å². The number of thiophene rings is 1. The van der Waals surface area contributed by atoms with Gasteiger partial charge in [0.1, 0.15) is 11.1 Å². The van der Waals surface area contributed by atoms with Crippen molar-refractivity contribution in [1.29, 1.82) is 5.26 Å². The molecule has 0 unspecified atom stereocenters. The zero-order valence-electron chi connectivity index (χ0n) is 18.8. The van der Waals surface area contributed by atoms with Crippen molar-refractivity contribution in [3.05, 3.63) is 34.3 Å². The summed E-state index contributed by atoms with van der Waals surface area (Å²) in [5.74, 6) is 1.38. The minimum atomic E-state index is -0.0720. The van der Waals surface area contributed by atoms with Gasteiger partial charge in [0.2, 0.25) is 0 Å². The van der Waals surface area contributed by atoms with Crippen LogP contribution in [0.15, 0.2) is 22.5 Å². The third-order valence-corrected chi connectivity index (χ3v) is 8.23. The lowest BCUT2D eigenvalue weighted by molar-refractivity contribution is -0.158. The minimum absolute atomic E-state index is 0.0720. The summed E-state index contributed by atoms with van der Waals surface area (Å²) in [6.45, 7) is 8.38. The van der Waals surface area contributed by atoms with Crippen molar-refractivity contribution in [2.75, 3.05) is 19.0 Å². The molecule has 2 aromatic heterocycles. The molecule has 0 radical (unpaired) electrons. The highest BCUT2D eigenvalue weighted by Gasteiger charge is 2.33. The molecule has 2 aromatic rings. The van der Waals surface area contributed by atoms with Crippen LogP contribution in [0.3, 0.4) is 0 Å². The normalized spacial score (nSPS) is 21.5. The summed E-state index contributed by atoms with van der Waals surface area (Å²) in [4.78, 5) is 6.19. The summed E-state index contributed by atoms with van der Waals surface area (Å²) < 4.78 is 11.6. The van der Waals surface area contributed by atoms with Crippen LogP contribution in [0.25, 0.3) is 10.4 Å². The van der Waals surface area contributed by atoms with E-state index in [2.05, 4.69) is 44.4 Å². The second kappa shape index (κ2) is 10.0. The second-order valence-corrected chi connectivity index (χ2v) is 11.5. The van der Waals surface area contributed by atoms with Gasteiger partial charge in [0.15, 0.2) is 6.29 Å². The molecule has 2 atom stereocenters. The van der Waals surface area contributed by atoms with E-state index in [1.807, 2.05) is 0 Å². The van der Waals surface area contributed by atoms with Crippen molar-refractivity contribution >= 4 is 23.1 Å². The molecule has 166 valence electrons. The molecule has 0 bridgehead atoms. The number of rotatable bonds is 6. The fourth-order valence-electron chi connectivity index (χ4n) is 4.53. The molecule has 31 heavy (non-hydrogen) atoms. The van der Waals surface area contributed by atoms with E-state index < -0.39 is 0 Å². The molecule has 4 rings (SSSR count). The molecule has 0 N–H and O–H groups in total. The largest absolute Gasteiger partial charge is 0.353 e. The maximum Gasteiger partial charge on any atom is 0.157 e. The smallest absolute Gasteiger partial charge is 0.157 e. The van der Waals surface area contributed by atoms with E-state index in [1.165, 1.54) is 22.6 Å². The Morgan fingerprint density at radius 2 is 2.19 bits per heavy atom. The number of ether oxygens (including phenoxy) is 2. The standard InChI is InChI=1S/C25H32N2O2S2/c1-25(2,3)17-9-10-20-18(15-17)23(21-7-6-13-30-21)19(16-26)24(27-20)31-14-12-29-22-8-4-5-11-28-22/h6-7,13,17,22H,4-5,8-12,14-15H2,1-3H3/t17-,22+/m1/s1. The summed E-state index contributed by atoms with van der Waals surface area (Å²) >= 11 is 3.35. The van der Waals surface area contributed by atoms with E-state index in [0.29, 0.717) is 12.5 Å². The van der Waals surface area contributed by atoms with Gasteiger partial charge in [-0.3, -0.25) is 0 Å². The molecule has 1 aliphatic carbocycles. The van der Waals surface area contributed by atoms with Crippen LogP contribution in [0.4, 0.5) is 0 Å². The number of fused-ring (bicyclic) bond motifs is 1. The SMILES string of the molecule is CC(C)(C)[C@@H]1CCc2nc(SCCO[C@H]3CCCCO3)c(C#N)c(-c3cccs3)c2C1. The van der Waals surface area contributed by atoms with Crippen LogP contribution in [0, 0.1) is 22.7 Å². The minimum Gasteiger partial charge on any atom is -0.353 e. The maximum atomic E-state index is 10.1. The quantitative estimate of drug-likeness (QED) is 0.368. The molecular weight excluding hydrogens is 424 g/mol. The lowest BCUT2D eigenvalue weighted by Crippen LogP contribution is -2.28. The van der Waals surface area contributed by atoms with Gasteiger partial charge in [-0.05, 0) is 66.9 Å². The van der Waals surface area contributed by atoms with Gasteiger partial charge in [-0.25, -0.2) is 4.98 Å². The van der Waals surface area contributed by atoms with E-state index >= 15 is 0 Å². The van der Waals surface area contributed by atoms with Crippen molar-refractivity contribution in [3.8, 4) is 16.5 Å². The third kappa shape index (κ3) is 5.34. The number of pyridine rings is 1. The van der Waals surface area contributed by atoms with Crippen LogP contribution in [0.5, 0.6) is 0 Å². The molecular formula is C25H32N2O2S2. The van der Waals surface area contributed by atoms with Crippen molar-refractivity contribution in [1.82, 2.24) is 4.98 Å². The van der Waals surface area contributed by atoms with Crippen molar-refractivity contribution < 1.29 is 9.47 Å². The van der Waals surface area contributed by atoms with E-state index in [-0.39, 0.29) is 11.7 Å². The summed E-state index contributed by atoms with van der Waals surface area (Å²) in [6.07, 6.45) is 6.34. The number of aromatic nitrogens is 1. The summed E-state index contributed by atoms with van der Waals surface area (Å²) in [5, 5.41) is 13.1. The van der Waals surface area contributed by atoms with Gasteiger partial charge in [-0.15, -0.1) is 23.1 Å². The van der Waals surface area contributed by atoms with Crippen LogP contribution in [0.2, 0.25) is 0 Å². The number of nitriles is 1. The number of aryl methyl sites for hydroxylation is 1. The molecule has 1 saturated heterocycles. The third-order valence-electron chi connectivity index (χ3n) is 6.40. The van der Waals surface area contributed by atoms with Crippen LogP contribution in [0.1, 0.15) is 63.3 Å². The Morgan fingerprint density at radius 3 is 2.87 bits per heavy atom. The summed E-state index contributed by atoms with van der Waals surface area (Å²) in [6, 6.07) is 6.72. The molecule has 6 heteroatoms. The van der Waals surface area contributed by atoms with Crippen molar-refractivity contribution in [2.45, 2.75) is 70.6 Å². The molecule has 3 heterocycles. The number of hydrogen-bond donors (Lipinski definition) is 0. The second-order valence-electron chi connectivity index (χ2n) is 9.50. The van der Waals surface area contributed by atoms with E-state index in [0.717, 1.165) is 60.6 Å². The predicted molar refractivity (Wildman–Crippen MR) is 128 cm³/mol. The monoisotopic (exact) mass is 456 g/mol. The van der Waals surface area contributed by atoms with Crippen LogP contribution >= 0.6 is 23.1 Å². The lowest BCUT2D eigenvalue weighted by Gasteiger charge is -2.35. The average Bonchev–Trinajstić information content (AvgIpc) is 3.30. The van der Waals surface area contributed by atoms with E-state index in [1.54, 1.807) is 23.1 Å². The maximum absolute atomic E-state index is 10.1. The van der Waals surface area contributed by atoms with Crippen LogP contribution < -0.4 is 0 Å². The average molecular weight is 457 g/mol. The summed E-state index contributed by atoms with van der Waals surface area (Å²) in [5.41, 5.74) is 4.58. The van der Waals surface area contributed by atoms with Gasteiger partial charge in [0, 0.05) is 28.5 Å². The van der Waals surface area contributed by atoms with Gasteiger partial charge in [0.25, 0.3) is 0 Å². The van der Waals surface area contributed by atoms with Gasteiger partial charge in [0.05, 0.1) is 12.2 Å². The molecule has 2 aliphatic rings. The Morgan fingerprint density at radius 1 is 1.32 bits per heavy atom. The molecule has 0 saturated carbocycles. The zero-order valence-corrected chi connectivity index (χ0v) is 20.4. The van der Waals surface area contributed by atoms with Gasteiger partial charge in [-0.2, -0.15) is 5.26 Å². The zero-order chi connectivity index (χ0) is 21.8. The fraction of sp³-hybridized carbons (Fsp3) is 0.600. The lowest BCUT2D eigenvalue weighted by atomic mass is 9.70. The van der Waals surface area contributed by atoms with Crippen LogP contribution in [-0.2, 0) is 22.3 Å². The first-order valence-corrected chi connectivity index (χ1v) is 13.2. The Kier molecular flexibility index (Phi) is 7.38. The molecule has 0 aromatic carbocycles. The Hall–Kier alpha value is -1.39. The highest BCUT2D eigenvalue weighted by Crippen LogP contribution is 2.44. The molecule has 1 aliphatic heterocycles. The first kappa shape index (κ1) is 22.8. The topological polar surface area (TPSA) is 55.1 Å². The van der Waals surface area contributed by atoms with Gasteiger partial charge < -0.3 is 9.47 Å². The van der Waals surface area contributed by atoms with E-state index in [4.69, 9.17) is 14.5 Å². The van der Waals surface area contributed by atoms with Crippen molar-refractivity contribution in [2.24, 2.45) is 11.3 Å². The Bertz CT molecular complexity index is 922. The molecule has 4 nitrogen and oxygen atoms in total. The fourth-order valence-corrected chi connectivity index (χ4v) is 6.18. The van der Waals surface area contributed by atoms with Gasteiger partial charge >= 0.3 is 0 Å². The number of hydrogen-bond acceptors (Lipinski definition) is 6. The molecule has 0 spiro atoms. The van der Waals surface area contributed by atoms with Crippen LogP contribution in [-0.4, -0.2) is 30.2 Å². The molecule has 1 fully saturated rings. The first-order chi connectivity index (χ1) is 15.0. The predicted octanol–water partition coefficient (Wildman–Crippen LogP) is 6.47. The number of nitrogens with zero attached hydrogens (tertiary/aromatic N) is 2. The molecule has 0 amide bonds. The highest BCUT2D eigenvalue weighted by molar-refractivity contribution is 7.99. The van der Waals surface area contributed by atoms with Crippen molar-refractivity contribution in [3.63, 3.8) is 0 Å². The first-order valence-electron chi connectivity index (χ1n) is 11.3. The summed E-state index contributed by atoms with van der Waals surface area (Å²) in [7, 11) is 0. The van der Waals surface area contributed by atoms with E-state index in [9.17, 15) is 5.26 Å². The number of thioether (sulfide) groups is 1. The highest BCUT2D eigenvalue weighted by atomic mass is 32.2. The Labute approximate surface area is 194 Å².